The average Bonchev–Trinajstić information content (AvgIpc) is 3.87. The molecule has 1 aliphatic rings. The molecule has 1 aromatic heterocycles. The molecule has 308 valence electrons. The average molecular weight is 785 g/mol. The molecule has 1 aromatic carbocycles. The highest BCUT2D eigenvalue weighted by molar-refractivity contribution is 7.09. The molecule has 9 atom stereocenters. The van der Waals surface area contributed by atoms with Gasteiger partial charge in [0, 0.05) is 64.1 Å². The Morgan fingerprint density at radius 3 is 2.24 bits per heavy atom. The lowest BCUT2D eigenvalue weighted by molar-refractivity contribution is -0.154. The number of hydrogen-bond donors (Lipinski definition) is 2. The van der Waals surface area contributed by atoms with Crippen molar-refractivity contribution in [1.29, 1.82) is 0 Å². The van der Waals surface area contributed by atoms with Crippen LogP contribution in [0.4, 0.5) is 0 Å². The van der Waals surface area contributed by atoms with Crippen LogP contribution in [0.25, 0.3) is 0 Å². The molecule has 0 aliphatic carbocycles. The number of methoxy groups -OCH3 is 2. The van der Waals surface area contributed by atoms with E-state index in [1.165, 1.54) is 0 Å². The number of nitrogens with zero attached hydrogens (tertiary/aromatic N) is 3. The van der Waals surface area contributed by atoms with Crippen LogP contribution in [0.15, 0.2) is 41.9 Å². The number of rotatable bonds is 23. The molecule has 0 bridgehead atoms. The van der Waals surface area contributed by atoms with Gasteiger partial charge in [-0.25, -0.2) is 4.98 Å². The molecule has 2 N–H and O–H groups in total. The zero-order chi connectivity index (χ0) is 41.0. The predicted molar refractivity (Wildman–Crippen MR) is 218 cm³/mol. The summed E-state index contributed by atoms with van der Waals surface area (Å²) in [6.45, 7) is 13.5. The second-order valence-electron chi connectivity index (χ2n) is 16.4. The van der Waals surface area contributed by atoms with Crippen molar-refractivity contribution < 1.29 is 33.8 Å². The monoisotopic (exact) mass is 784 g/mol. The number of aromatic nitrogens is 1. The van der Waals surface area contributed by atoms with E-state index in [2.05, 4.69) is 22.4 Å². The van der Waals surface area contributed by atoms with Gasteiger partial charge in [-0.2, -0.15) is 0 Å². The van der Waals surface area contributed by atoms with E-state index in [4.69, 9.17) is 9.47 Å². The van der Waals surface area contributed by atoms with Crippen LogP contribution in [-0.2, 0) is 35.1 Å². The van der Waals surface area contributed by atoms with Crippen LogP contribution < -0.4 is 5.32 Å². The molecule has 11 nitrogen and oxygen atoms in total. The maximum Gasteiger partial charge on any atom is 0.229 e. The van der Waals surface area contributed by atoms with Gasteiger partial charge in [0.15, 0.2) is 5.78 Å². The Morgan fingerprint density at radius 2 is 1.71 bits per heavy atom. The zero-order valence-electron chi connectivity index (χ0n) is 35.1. The summed E-state index contributed by atoms with van der Waals surface area (Å²) in [5.74, 6) is -2.13. The number of aliphatic hydroxyl groups is 1. The van der Waals surface area contributed by atoms with Gasteiger partial charge in [-0.05, 0) is 57.6 Å². The van der Waals surface area contributed by atoms with E-state index in [9.17, 15) is 24.3 Å². The van der Waals surface area contributed by atoms with Crippen LogP contribution in [0, 0.1) is 23.7 Å². The third kappa shape index (κ3) is 12.2. The van der Waals surface area contributed by atoms with Crippen LogP contribution in [0.2, 0.25) is 0 Å². The van der Waals surface area contributed by atoms with Gasteiger partial charge in [-0.15, -0.1) is 11.3 Å². The first-order chi connectivity index (χ1) is 26.0. The molecule has 2 heterocycles. The Morgan fingerprint density at radius 1 is 1.04 bits per heavy atom. The molecule has 0 spiro atoms. The number of nitrogens with one attached hydrogen (secondary N) is 1. The van der Waals surface area contributed by atoms with E-state index in [-0.39, 0.29) is 60.0 Å². The number of benzene rings is 1. The summed E-state index contributed by atoms with van der Waals surface area (Å²) in [7, 11) is 6.57. The molecule has 0 radical (unpaired) electrons. The van der Waals surface area contributed by atoms with Crippen molar-refractivity contribution in [3.8, 4) is 0 Å². The highest BCUT2D eigenvalue weighted by Crippen LogP contribution is 2.34. The van der Waals surface area contributed by atoms with Crippen LogP contribution in [0.3, 0.4) is 0 Å². The summed E-state index contributed by atoms with van der Waals surface area (Å²) in [5, 5.41) is 17.1. The minimum atomic E-state index is -1.47. The number of thiazole rings is 1. The topological polar surface area (TPSA) is 138 Å². The van der Waals surface area contributed by atoms with Crippen molar-refractivity contribution in [2.24, 2.45) is 23.7 Å². The maximum atomic E-state index is 14.3. The molecular weight excluding hydrogens is 717 g/mol. The van der Waals surface area contributed by atoms with Gasteiger partial charge in [0.25, 0.3) is 0 Å². The third-order valence-electron chi connectivity index (χ3n) is 11.8. The summed E-state index contributed by atoms with van der Waals surface area (Å²) in [6, 6.07) is 8.87. The van der Waals surface area contributed by atoms with Crippen molar-refractivity contribution in [2.75, 3.05) is 34.9 Å². The smallest absolute Gasteiger partial charge is 0.229 e. The number of carbonyl (C=O) groups is 4. The van der Waals surface area contributed by atoms with E-state index in [1.54, 1.807) is 64.6 Å². The van der Waals surface area contributed by atoms with Gasteiger partial charge in [0.2, 0.25) is 11.8 Å². The Hall–Kier alpha value is -3.03. The minimum Gasteiger partial charge on any atom is -0.390 e. The Bertz CT molecular complexity index is 1500. The van der Waals surface area contributed by atoms with Crippen LogP contribution in [-0.4, -0.2) is 114 Å². The Balaban J connectivity index is 1.81. The first-order valence-electron chi connectivity index (χ1n) is 20.0. The number of ketones is 2. The summed E-state index contributed by atoms with van der Waals surface area (Å²) >= 11 is 1.56. The standard InChI is InChI=1S/C43H68N4O7S/c1-12-28(4)39(46(9)42(51)32(43(6,7)52)25-35(49)38(44-8)27(2)3)36(53-10)26-37(50)47-21-16-19-33(47)40(54-11)29(5)34(48)24-31(41-45-20-22-55-41)23-30-17-14-13-15-18-30/h13-15,17-18,20,22,27-29,31-33,36,38-40,44,52H,12,16,19,21,23-26H2,1-11H3/t28-,29-,31+,32+,33-,36+,38-,39-,40+/m0/s1. The molecule has 3 rings (SSSR count). The fourth-order valence-electron chi connectivity index (χ4n) is 8.43. The second kappa shape index (κ2) is 21.5. The molecule has 0 saturated carbocycles. The van der Waals surface area contributed by atoms with Crippen molar-refractivity contribution in [3.05, 3.63) is 52.5 Å². The Kier molecular flexibility index (Phi) is 18.1. The summed E-state index contributed by atoms with van der Waals surface area (Å²) < 4.78 is 12.1. The number of amides is 2. The SMILES string of the molecule is CC[C@H](C)[C@@H]([C@@H](CC(=O)N1CCC[C@H]1[C@H](OC)[C@@H](C)C(=O)C[C@@H](Cc1ccccc1)c1nccs1)OC)N(C)C(=O)[C@@H](CC(=O)[C@@H](NC)C(C)C)C(C)(C)O. The summed E-state index contributed by atoms with van der Waals surface area (Å²) in [4.78, 5) is 64.0. The number of Topliss-reactive ketones (excluding diaryl/α,β-unsaturated/α-hetero) is 2. The number of hydrogen-bond acceptors (Lipinski definition) is 10. The first kappa shape index (κ1) is 46.4. The molecule has 1 fully saturated rings. The number of ether oxygens (including phenoxy) is 2. The number of likely N-dealkylation sites (N-methyl/N-ethyl adjacent to an activating group) is 2. The highest BCUT2D eigenvalue weighted by atomic mass is 32.1. The fourth-order valence-corrected chi connectivity index (χ4v) is 9.17. The zero-order valence-corrected chi connectivity index (χ0v) is 35.9. The van der Waals surface area contributed by atoms with Crippen LogP contribution >= 0.6 is 11.3 Å². The van der Waals surface area contributed by atoms with Crippen LogP contribution in [0.1, 0.15) is 103 Å². The fraction of sp³-hybridized carbons (Fsp3) is 0.698. The summed E-state index contributed by atoms with van der Waals surface area (Å²) in [5.41, 5.74) is -0.324. The van der Waals surface area contributed by atoms with Gasteiger partial charge in [-0.3, -0.25) is 19.2 Å². The molecule has 55 heavy (non-hydrogen) atoms. The summed E-state index contributed by atoms with van der Waals surface area (Å²) in [6.07, 6.45) is 3.73. The normalized spacial score (nSPS) is 19.3. The van der Waals surface area contributed by atoms with Gasteiger partial charge in [0.05, 0.1) is 53.3 Å². The Labute approximate surface area is 333 Å². The van der Waals surface area contributed by atoms with E-state index in [1.807, 2.05) is 63.1 Å². The highest BCUT2D eigenvalue weighted by Gasteiger charge is 2.45. The van der Waals surface area contributed by atoms with E-state index in [0.29, 0.717) is 32.2 Å². The van der Waals surface area contributed by atoms with Crippen molar-refractivity contribution in [2.45, 2.75) is 135 Å². The van der Waals surface area contributed by atoms with Crippen molar-refractivity contribution in [3.63, 3.8) is 0 Å². The predicted octanol–water partition coefficient (Wildman–Crippen LogP) is 5.94. The first-order valence-corrected chi connectivity index (χ1v) is 20.9. The largest absolute Gasteiger partial charge is 0.390 e. The molecular formula is C43H68N4O7S. The molecule has 1 aliphatic heterocycles. The molecule has 0 unspecified atom stereocenters. The molecule has 1 saturated heterocycles. The van der Waals surface area contributed by atoms with Crippen molar-refractivity contribution >= 4 is 34.7 Å². The van der Waals surface area contributed by atoms with E-state index < -0.39 is 41.7 Å². The molecule has 12 heteroatoms. The van der Waals surface area contributed by atoms with Gasteiger partial charge in [0.1, 0.15) is 5.78 Å². The third-order valence-corrected chi connectivity index (χ3v) is 12.7. The lowest BCUT2D eigenvalue weighted by atomic mass is 9.81. The lowest BCUT2D eigenvalue weighted by Gasteiger charge is -2.42. The van der Waals surface area contributed by atoms with E-state index >= 15 is 0 Å². The molecule has 2 amide bonds. The quantitative estimate of drug-likeness (QED) is 0.140. The van der Waals surface area contributed by atoms with Crippen molar-refractivity contribution in [1.82, 2.24) is 20.1 Å². The minimum absolute atomic E-state index is 0.0119. The molecule has 2 aromatic rings. The second-order valence-corrected chi connectivity index (χ2v) is 17.3. The van der Waals surface area contributed by atoms with Gasteiger partial charge >= 0.3 is 0 Å². The van der Waals surface area contributed by atoms with E-state index in [0.717, 1.165) is 17.0 Å². The van der Waals surface area contributed by atoms with Gasteiger partial charge in [-0.1, -0.05) is 71.4 Å². The maximum absolute atomic E-state index is 14.3. The van der Waals surface area contributed by atoms with Gasteiger partial charge < -0.3 is 29.7 Å². The number of likely N-dealkylation sites (tertiary alicyclic amines) is 1. The number of carbonyl (C=O) groups excluding carboxylic acids is 4. The van der Waals surface area contributed by atoms with Crippen LogP contribution in [0.5, 0.6) is 0 Å². The lowest BCUT2D eigenvalue weighted by Crippen LogP contribution is -2.56.